The molecule has 0 saturated carbocycles. The molecule has 0 atom stereocenters. The molecule has 0 spiro atoms. The number of aromatic nitrogens is 1. The summed E-state index contributed by atoms with van der Waals surface area (Å²) in [5.74, 6) is 0.915. The van der Waals surface area contributed by atoms with Crippen LogP contribution in [-0.4, -0.2) is 19.2 Å². The number of thiazole rings is 1. The molecule has 3 aromatic carbocycles. The zero-order valence-electron chi connectivity index (χ0n) is 19.5. The lowest BCUT2D eigenvalue weighted by Gasteiger charge is -2.22. The Kier molecular flexibility index (Phi) is 8.54. The van der Waals surface area contributed by atoms with Crippen LogP contribution in [0.15, 0.2) is 71.1 Å². The number of ether oxygens (including phenoxy) is 2. The Hall–Kier alpha value is -3.45. The van der Waals surface area contributed by atoms with Gasteiger partial charge in [-0.2, -0.15) is 5.26 Å². The van der Waals surface area contributed by atoms with Crippen LogP contribution in [0.25, 0.3) is 0 Å². The van der Waals surface area contributed by atoms with Crippen LogP contribution in [0.5, 0.6) is 11.5 Å². The second-order valence-corrected chi connectivity index (χ2v) is 9.85. The third-order valence-corrected chi connectivity index (χ3v) is 7.53. The Morgan fingerprint density at radius 3 is 2.69 bits per heavy atom. The maximum atomic E-state index is 15.2. The summed E-state index contributed by atoms with van der Waals surface area (Å²) >= 11 is 9.17. The van der Waals surface area contributed by atoms with Gasteiger partial charge in [-0.25, -0.2) is 9.37 Å². The van der Waals surface area contributed by atoms with Gasteiger partial charge in [-0.1, -0.05) is 29.8 Å². The average Bonchev–Trinajstić information content (AvgIpc) is 3.44. The van der Waals surface area contributed by atoms with Crippen molar-refractivity contribution in [2.45, 2.75) is 18.0 Å². The van der Waals surface area contributed by atoms with Crippen LogP contribution in [0.4, 0.5) is 15.2 Å². The van der Waals surface area contributed by atoms with Crippen molar-refractivity contribution in [2.75, 3.05) is 23.8 Å². The molecule has 4 aromatic rings. The van der Waals surface area contributed by atoms with Gasteiger partial charge >= 0.3 is 0 Å². The van der Waals surface area contributed by atoms with Crippen LogP contribution in [0.1, 0.15) is 16.7 Å². The van der Waals surface area contributed by atoms with Gasteiger partial charge in [-0.05, 0) is 47.8 Å². The Morgan fingerprint density at radius 1 is 1.14 bits per heavy atom. The second kappa shape index (κ2) is 12.0. The largest absolute Gasteiger partial charge is 0.497 e. The van der Waals surface area contributed by atoms with Crippen molar-refractivity contribution in [3.8, 4) is 17.6 Å². The molecule has 0 amide bonds. The minimum atomic E-state index is -0.427. The fraction of sp³-hybridized carbons (Fsp3) is 0.154. The number of benzene rings is 3. The van der Waals surface area contributed by atoms with E-state index < -0.39 is 5.82 Å². The van der Waals surface area contributed by atoms with Gasteiger partial charge in [-0.3, -0.25) is 4.31 Å². The van der Waals surface area contributed by atoms with Crippen LogP contribution < -0.4 is 19.1 Å². The molecule has 0 aliphatic rings. The SMILES string of the molecule is COc1ccc(CN(Sc2cc(Cl)c(NCc3ccccc3C#N)cc2F)c2nccs2)c(OC)c1. The predicted molar refractivity (Wildman–Crippen MR) is 144 cm³/mol. The van der Waals surface area contributed by atoms with Crippen molar-refractivity contribution < 1.29 is 13.9 Å². The van der Waals surface area contributed by atoms with Gasteiger partial charge in [0, 0.05) is 29.8 Å². The van der Waals surface area contributed by atoms with Crippen molar-refractivity contribution in [3.05, 3.63) is 93.7 Å². The highest BCUT2D eigenvalue weighted by Crippen LogP contribution is 2.38. The first kappa shape index (κ1) is 25.6. The summed E-state index contributed by atoms with van der Waals surface area (Å²) in [7, 11) is 3.19. The molecule has 184 valence electrons. The van der Waals surface area contributed by atoms with E-state index in [1.165, 1.54) is 29.4 Å². The molecule has 0 aliphatic heterocycles. The third-order valence-electron chi connectivity index (χ3n) is 5.28. The number of nitrogens with one attached hydrogen (secondary N) is 1. The van der Waals surface area contributed by atoms with Crippen molar-refractivity contribution in [1.82, 2.24) is 4.98 Å². The molecule has 4 rings (SSSR count). The van der Waals surface area contributed by atoms with E-state index in [1.54, 1.807) is 38.6 Å². The van der Waals surface area contributed by atoms with E-state index in [4.69, 9.17) is 21.1 Å². The number of anilines is 2. The Balaban J connectivity index is 1.56. The summed E-state index contributed by atoms with van der Waals surface area (Å²) in [5, 5.41) is 15.4. The minimum absolute atomic E-state index is 0.345. The summed E-state index contributed by atoms with van der Waals surface area (Å²) in [5.41, 5.74) is 2.70. The Morgan fingerprint density at radius 2 is 1.97 bits per heavy atom. The molecule has 0 aliphatic carbocycles. The number of halogens is 2. The van der Waals surface area contributed by atoms with Crippen molar-refractivity contribution in [3.63, 3.8) is 0 Å². The quantitative estimate of drug-likeness (QED) is 0.214. The first-order chi connectivity index (χ1) is 17.5. The Bertz CT molecular complexity index is 1380. The molecule has 0 radical (unpaired) electrons. The lowest BCUT2D eigenvalue weighted by atomic mass is 10.1. The number of hydrogen-bond donors (Lipinski definition) is 1. The zero-order valence-corrected chi connectivity index (χ0v) is 21.9. The normalized spacial score (nSPS) is 10.5. The number of nitrogens with zero attached hydrogens (tertiary/aromatic N) is 3. The molecule has 1 heterocycles. The van der Waals surface area contributed by atoms with Gasteiger partial charge < -0.3 is 14.8 Å². The molecule has 1 N–H and O–H groups in total. The monoisotopic (exact) mass is 540 g/mol. The fourth-order valence-corrected chi connectivity index (χ4v) is 5.41. The van der Waals surface area contributed by atoms with Crippen LogP contribution in [-0.2, 0) is 13.1 Å². The maximum Gasteiger partial charge on any atom is 0.195 e. The topological polar surface area (TPSA) is 70.4 Å². The van der Waals surface area contributed by atoms with E-state index in [0.717, 1.165) is 11.1 Å². The second-order valence-electron chi connectivity index (χ2n) is 7.51. The molecule has 0 bridgehead atoms. The molecule has 10 heteroatoms. The zero-order chi connectivity index (χ0) is 25.5. The van der Waals surface area contributed by atoms with E-state index in [0.29, 0.717) is 50.9 Å². The predicted octanol–water partition coefficient (Wildman–Crippen LogP) is 7.15. The molecular formula is C26H22ClFN4O2S2. The van der Waals surface area contributed by atoms with Crippen LogP contribution in [0.3, 0.4) is 0 Å². The summed E-state index contributed by atoms with van der Waals surface area (Å²) < 4.78 is 27.9. The molecule has 0 saturated heterocycles. The lowest BCUT2D eigenvalue weighted by molar-refractivity contribution is 0.391. The summed E-state index contributed by atoms with van der Waals surface area (Å²) in [4.78, 5) is 4.76. The summed E-state index contributed by atoms with van der Waals surface area (Å²) in [6, 6.07) is 17.9. The maximum absolute atomic E-state index is 15.2. The van der Waals surface area contributed by atoms with E-state index in [9.17, 15) is 5.26 Å². The highest BCUT2D eigenvalue weighted by Gasteiger charge is 2.19. The van der Waals surface area contributed by atoms with Gasteiger partial charge in [0.2, 0.25) is 0 Å². The van der Waals surface area contributed by atoms with Crippen molar-refractivity contribution in [2.24, 2.45) is 0 Å². The fourth-order valence-electron chi connectivity index (χ4n) is 3.44. The summed E-state index contributed by atoms with van der Waals surface area (Å²) in [6.07, 6.45) is 1.70. The van der Waals surface area contributed by atoms with Crippen LogP contribution in [0.2, 0.25) is 5.02 Å². The van der Waals surface area contributed by atoms with Gasteiger partial charge in [0.1, 0.15) is 17.3 Å². The number of methoxy groups -OCH3 is 2. The molecule has 0 unspecified atom stereocenters. The number of nitriles is 1. The summed E-state index contributed by atoms with van der Waals surface area (Å²) in [6.45, 7) is 0.755. The number of hydrogen-bond acceptors (Lipinski definition) is 8. The standard InChI is InChI=1S/C26H22ClFN4O2S2/c1-33-20-8-7-19(24(11-20)34-2)16-32(26-30-9-10-35-26)36-25-12-21(27)23(13-22(25)28)31-15-18-6-4-3-5-17(18)14-29/h3-13,31H,15-16H2,1-2H3. The Labute approximate surface area is 222 Å². The molecule has 6 nitrogen and oxygen atoms in total. The first-order valence-corrected chi connectivity index (χ1v) is 12.8. The van der Waals surface area contributed by atoms with Crippen molar-refractivity contribution in [1.29, 1.82) is 5.26 Å². The minimum Gasteiger partial charge on any atom is -0.497 e. The van der Waals surface area contributed by atoms with Gasteiger partial charge in [0.25, 0.3) is 0 Å². The molecule has 1 aromatic heterocycles. The van der Waals surface area contributed by atoms with E-state index >= 15 is 4.39 Å². The smallest absolute Gasteiger partial charge is 0.195 e. The molecule has 0 fully saturated rings. The van der Waals surface area contributed by atoms with Crippen LogP contribution in [0, 0.1) is 17.1 Å². The first-order valence-electron chi connectivity index (χ1n) is 10.8. The average molecular weight is 541 g/mol. The van der Waals surface area contributed by atoms with E-state index in [2.05, 4.69) is 16.4 Å². The van der Waals surface area contributed by atoms with Crippen LogP contribution >= 0.6 is 34.9 Å². The highest BCUT2D eigenvalue weighted by molar-refractivity contribution is 8.00. The van der Waals surface area contributed by atoms with Gasteiger partial charge in [-0.15, -0.1) is 11.3 Å². The van der Waals surface area contributed by atoms with Gasteiger partial charge in [0.05, 0.1) is 48.0 Å². The third kappa shape index (κ3) is 6.02. The molecule has 36 heavy (non-hydrogen) atoms. The highest BCUT2D eigenvalue weighted by atomic mass is 35.5. The van der Waals surface area contributed by atoms with E-state index in [1.807, 2.05) is 40.0 Å². The number of rotatable bonds is 10. The lowest BCUT2D eigenvalue weighted by Crippen LogP contribution is -2.15. The van der Waals surface area contributed by atoms with Crippen molar-refractivity contribution >= 4 is 45.7 Å². The molecular weight excluding hydrogens is 519 g/mol. The van der Waals surface area contributed by atoms with Gasteiger partial charge in [0.15, 0.2) is 5.13 Å². The van der Waals surface area contributed by atoms with E-state index in [-0.39, 0.29) is 0 Å².